The van der Waals surface area contributed by atoms with E-state index in [2.05, 4.69) is 9.97 Å². The molecule has 1 aliphatic carbocycles. The van der Waals surface area contributed by atoms with Crippen LogP contribution >= 0.6 is 0 Å². The summed E-state index contributed by atoms with van der Waals surface area (Å²) in [5.74, 6) is 0. The highest BCUT2D eigenvalue weighted by Gasteiger charge is 2.37. The highest BCUT2D eigenvalue weighted by atomic mass is 32.2. The third-order valence-electron chi connectivity index (χ3n) is 4.03. The minimum Gasteiger partial charge on any atom is -0.369 e. The number of aromatic nitrogens is 2. The molecule has 1 aromatic heterocycles. The fraction of sp³-hybridized carbons (Fsp3) is 0.692. The second kappa shape index (κ2) is 5.75. The van der Waals surface area contributed by atoms with Crippen LogP contribution in [0.5, 0.6) is 0 Å². The van der Waals surface area contributed by atoms with Gasteiger partial charge in [-0.05, 0) is 12.8 Å². The second-order valence-corrected chi connectivity index (χ2v) is 7.51. The Morgan fingerprint density at radius 3 is 2.75 bits per heavy atom. The fourth-order valence-electron chi connectivity index (χ4n) is 2.91. The number of nitrogens with zero attached hydrogens (tertiary/aromatic N) is 3. The summed E-state index contributed by atoms with van der Waals surface area (Å²) < 4.78 is 32.4. The van der Waals surface area contributed by atoms with Crippen LogP contribution in [0, 0.1) is 0 Å². The van der Waals surface area contributed by atoms with Crippen LogP contribution in [0.15, 0.2) is 18.6 Å². The Balaban J connectivity index is 1.75. The summed E-state index contributed by atoms with van der Waals surface area (Å²) in [6.45, 7) is 1.19. The molecule has 110 valence electrons. The molecule has 2 heterocycles. The van der Waals surface area contributed by atoms with Gasteiger partial charge in [0.15, 0.2) is 0 Å². The third kappa shape index (κ3) is 2.70. The molecule has 0 spiro atoms. The van der Waals surface area contributed by atoms with E-state index in [-0.39, 0.29) is 11.4 Å². The maximum absolute atomic E-state index is 12.6. The van der Waals surface area contributed by atoms with Crippen LogP contribution in [0.25, 0.3) is 0 Å². The van der Waals surface area contributed by atoms with E-state index in [0.717, 1.165) is 25.7 Å². The third-order valence-corrected chi connectivity index (χ3v) is 6.39. The van der Waals surface area contributed by atoms with E-state index in [0.29, 0.717) is 25.4 Å². The van der Waals surface area contributed by atoms with Gasteiger partial charge < -0.3 is 4.74 Å². The molecule has 1 aliphatic heterocycles. The molecule has 0 amide bonds. The first-order valence-corrected chi connectivity index (χ1v) is 8.55. The van der Waals surface area contributed by atoms with E-state index in [4.69, 9.17) is 4.74 Å². The lowest BCUT2D eigenvalue weighted by Gasteiger charge is -2.33. The zero-order valence-corrected chi connectivity index (χ0v) is 12.1. The molecule has 0 radical (unpaired) electrons. The molecule has 2 fully saturated rings. The Kier molecular flexibility index (Phi) is 4.00. The van der Waals surface area contributed by atoms with E-state index in [1.807, 2.05) is 0 Å². The fourth-order valence-corrected chi connectivity index (χ4v) is 4.93. The van der Waals surface area contributed by atoms with Crippen LogP contribution in [-0.4, -0.2) is 47.6 Å². The van der Waals surface area contributed by atoms with Gasteiger partial charge in [-0.1, -0.05) is 12.8 Å². The number of hydrogen-bond acceptors (Lipinski definition) is 5. The predicted octanol–water partition coefficient (Wildman–Crippen LogP) is 1.12. The van der Waals surface area contributed by atoms with Crippen molar-refractivity contribution >= 4 is 10.0 Å². The first-order chi connectivity index (χ1) is 9.68. The lowest BCUT2D eigenvalue weighted by atomic mass is 10.2. The van der Waals surface area contributed by atoms with Crippen molar-refractivity contribution in [1.82, 2.24) is 14.3 Å². The normalized spacial score (nSPS) is 25.9. The van der Waals surface area contributed by atoms with Crippen LogP contribution < -0.4 is 0 Å². The van der Waals surface area contributed by atoms with Crippen LogP contribution in [-0.2, 0) is 14.8 Å². The van der Waals surface area contributed by atoms with Gasteiger partial charge in [0.25, 0.3) is 0 Å². The lowest BCUT2D eigenvalue weighted by molar-refractivity contribution is -0.00541. The van der Waals surface area contributed by atoms with Gasteiger partial charge in [-0.2, -0.15) is 4.31 Å². The van der Waals surface area contributed by atoms with Gasteiger partial charge in [-0.25, -0.2) is 8.42 Å². The van der Waals surface area contributed by atoms with Crippen molar-refractivity contribution in [2.24, 2.45) is 0 Å². The Labute approximate surface area is 119 Å². The summed E-state index contributed by atoms with van der Waals surface area (Å²) in [7, 11) is -3.20. The highest BCUT2D eigenvalue weighted by molar-refractivity contribution is 7.89. The number of sulfonamides is 1. The van der Waals surface area contributed by atoms with Gasteiger partial charge in [0, 0.05) is 25.5 Å². The summed E-state index contributed by atoms with van der Waals surface area (Å²) in [5, 5.41) is -0.205. The monoisotopic (exact) mass is 297 g/mol. The molecule has 1 saturated carbocycles. The van der Waals surface area contributed by atoms with Crippen LogP contribution in [0.4, 0.5) is 0 Å². The largest absolute Gasteiger partial charge is 0.369 e. The average Bonchev–Trinajstić information content (AvgIpc) is 3.03. The van der Waals surface area contributed by atoms with Gasteiger partial charge in [0.2, 0.25) is 10.0 Å². The SMILES string of the molecule is O=S(=O)(C1CCCC1)N1CCOC(c2cnccn2)C1. The number of morpholine rings is 1. The molecule has 1 atom stereocenters. The number of rotatable bonds is 3. The Morgan fingerprint density at radius 2 is 2.05 bits per heavy atom. The standard InChI is InChI=1S/C13H19N3O3S/c17-20(18,11-3-1-2-4-11)16-7-8-19-13(10-16)12-9-14-5-6-15-12/h5-6,9,11,13H,1-4,7-8,10H2. The maximum Gasteiger partial charge on any atom is 0.217 e. The van der Waals surface area contributed by atoms with Crippen molar-refractivity contribution in [2.45, 2.75) is 37.0 Å². The van der Waals surface area contributed by atoms with Crippen molar-refractivity contribution in [3.8, 4) is 0 Å². The maximum atomic E-state index is 12.6. The van der Waals surface area contributed by atoms with Gasteiger partial charge in [-0.3, -0.25) is 9.97 Å². The molecular weight excluding hydrogens is 278 g/mol. The van der Waals surface area contributed by atoms with E-state index in [9.17, 15) is 8.42 Å². The molecule has 6 nitrogen and oxygen atoms in total. The number of hydrogen-bond donors (Lipinski definition) is 0. The van der Waals surface area contributed by atoms with Gasteiger partial charge in [0.05, 0.1) is 23.7 Å². The van der Waals surface area contributed by atoms with E-state index in [1.165, 1.54) is 0 Å². The molecule has 1 saturated heterocycles. The molecule has 7 heteroatoms. The van der Waals surface area contributed by atoms with Gasteiger partial charge in [-0.15, -0.1) is 0 Å². The summed E-state index contributed by atoms with van der Waals surface area (Å²) in [6.07, 6.45) is 8.13. The highest BCUT2D eigenvalue weighted by Crippen LogP contribution is 2.30. The lowest BCUT2D eigenvalue weighted by Crippen LogP contribution is -2.45. The summed E-state index contributed by atoms with van der Waals surface area (Å²) in [5.41, 5.74) is 0.693. The first kappa shape index (κ1) is 13.9. The van der Waals surface area contributed by atoms with E-state index >= 15 is 0 Å². The molecule has 20 heavy (non-hydrogen) atoms. The molecule has 1 aromatic rings. The zero-order valence-electron chi connectivity index (χ0n) is 11.3. The summed E-state index contributed by atoms with van der Waals surface area (Å²) in [4.78, 5) is 8.22. The van der Waals surface area contributed by atoms with Crippen molar-refractivity contribution in [2.75, 3.05) is 19.7 Å². The van der Waals surface area contributed by atoms with Crippen LogP contribution in [0.3, 0.4) is 0 Å². The molecule has 0 aromatic carbocycles. The predicted molar refractivity (Wildman–Crippen MR) is 73.5 cm³/mol. The zero-order chi connectivity index (χ0) is 14.0. The minimum atomic E-state index is -3.20. The molecule has 0 N–H and O–H groups in total. The van der Waals surface area contributed by atoms with Gasteiger partial charge in [0.1, 0.15) is 6.10 Å². The number of ether oxygens (including phenoxy) is 1. The van der Waals surface area contributed by atoms with Crippen molar-refractivity contribution in [3.63, 3.8) is 0 Å². The van der Waals surface area contributed by atoms with Crippen molar-refractivity contribution in [1.29, 1.82) is 0 Å². The van der Waals surface area contributed by atoms with Crippen molar-refractivity contribution < 1.29 is 13.2 Å². The Morgan fingerprint density at radius 1 is 1.25 bits per heavy atom. The minimum absolute atomic E-state index is 0.205. The van der Waals surface area contributed by atoms with Crippen molar-refractivity contribution in [3.05, 3.63) is 24.3 Å². The Hall–Kier alpha value is -1.05. The Bertz CT molecular complexity index is 543. The first-order valence-electron chi connectivity index (χ1n) is 7.04. The molecular formula is C13H19N3O3S. The molecule has 0 bridgehead atoms. The van der Waals surface area contributed by atoms with Gasteiger partial charge >= 0.3 is 0 Å². The summed E-state index contributed by atoms with van der Waals surface area (Å²) >= 11 is 0. The quantitative estimate of drug-likeness (QED) is 0.836. The van der Waals surface area contributed by atoms with E-state index in [1.54, 1.807) is 22.9 Å². The average molecular weight is 297 g/mol. The topological polar surface area (TPSA) is 72.4 Å². The van der Waals surface area contributed by atoms with Crippen LogP contribution in [0.1, 0.15) is 37.5 Å². The molecule has 1 unspecified atom stereocenters. The smallest absolute Gasteiger partial charge is 0.217 e. The van der Waals surface area contributed by atoms with E-state index < -0.39 is 10.0 Å². The molecule has 2 aliphatic rings. The second-order valence-electron chi connectivity index (χ2n) is 5.30. The summed E-state index contributed by atoms with van der Waals surface area (Å²) in [6, 6.07) is 0. The molecule has 3 rings (SSSR count). The van der Waals surface area contributed by atoms with Crippen LogP contribution in [0.2, 0.25) is 0 Å².